The van der Waals surface area contributed by atoms with Crippen molar-refractivity contribution in [2.24, 2.45) is 5.92 Å². The van der Waals surface area contributed by atoms with Gasteiger partial charge < -0.3 is 9.64 Å². The number of rotatable bonds is 3. The molecule has 0 radical (unpaired) electrons. The Morgan fingerprint density at radius 3 is 2.69 bits per heavy atom. The van der Waals surface area contributed by atoms with E-state index in [4.69, 9.17) is 4.74 Å². The number of amides is 1. The number of ether oxygens (including phenoxy) is 1. The molecule has 2 aliphatic rings. The van der Waals surface area contributed by atoms with Crippen LogP contribution in [0.25, 0.3) is 0 Å². The van der Waals surface area contributed by atoms with Crippen molar-refractivity contribution in [3.63, 3.8) is 0 Å². The molecule has 1 amide bonds. The zero-order valence-corrected chi connectivity index (χ0v) is 9.27. The molecule has 2 rings (SSSR count). The number of hydrogen-bond acceptors (Lipinski definition) is 4. The SMILES string of the molecule is CCOC(=O)C1C(=O)CCN(C2CC2)C1=O. The second-order valence-electron chi connectivity index (χ2n) is 4.16. The van der Waals surface area contributed by atoms with Crippen LogP contribution in [0.2, 0.25) is 0 Å². The van der Waals surface area contributed by atoms with E-state index < -0.39 is 11.9 Å². The maximum atomic E-state index is 11.9. The molecular formula is C11H15NO4. The van der Waals surface area contributed by atoms with Crippen LogP contribution in [-0.2, 0) is 19.1 Å². The van der Waals surface area contributed by atoms with Gasteiger partial charge in [0.2, 0.25) is 5.91 Å². The largest absolute Gasteiger partial charge is 0.465 e. The Bertz CT molecular complexity index is 335. The Hall–Kier alpha value is -1.39. The minimum Gasteiger partial charge on any atom is -0.465 e. The van der Waals surface area contributed by atoms with Gasteiger partial charge in [-0.2, -0.15) is 0 Å². The zero-order chi connectivity index (χ0) is 11.7. The van der Waals surface area contributed by atoms with E-state index in [1.54, 1.807) is 11.8 Å². The predicted octanol–water partition coefficient (Wildman–Crippen LogP) is 0.129. The molecule has 0 bridgehead atoms. The first kappa shape index (κ1) is 11.1. The van der Waals surface area contributed by atoms with Crippen molar-refractivity contribution in [3.05, 3.63) is 0 Å². The molecule has 1 heterocycles. The molecule has 0 aromatic heterocycles. The maximum Gasteiger partial charge on any atom is 0.326 e. The monoisotopic (exact) mass is 225 g/mol. The highest BCUT2D eigenvalue weighted by Crippen LogP contribution is 2.31. The van der Waals surface area contributed by atoms with Crippen LogP contribution in [0.15, 0.2) is 0 Å². The number of likely N-dealkylation sites (tertiary alicyclic amines) is 1. The Labute approximate surface area is 93.7 Å². The van der Waals surface area contributed by atoms with Crippen LogP contribution in [0.3, 0.4) is 0 Å². The molecular weight excluding hydrogens is 210 g/mol. The van der Waals surface area contributed by atoms with Gasteiger partial charge in [-0.05, 0) is 19.8 Å². The first-order valence-corrected chi connectivity index (χ1v) is 5.65. The Morgan fingerprint density at radius 1 is 1.44 bits per heavy atom. The van der Waals surface area contributed by atoms with Gasteiger partial charge in [0.05, 0.1) is 6.61 Å². The number of piperidine rings is 1. The van der Waals surface area contributed by atoms with E-state index in [2.05, 4.69) is 0 Å². The second kappa shape index (κ2) is 4.23. The lowest BCUT2D eigenvalue weighted by atomic mass is 9.95. The number of ketones is 1. The minimum atomic E-state index is -1.20. The van der Waals surface area contributed by atoms with Crippen LogP contribution in [-0.4, -0.2) is 41.8 Å². The number of nitrogens with zero attached hydrogens (tertiary/aromatic N) is 1. The number of Topliss-reactive ketones (excluding diaryl/α,β-unsaturated/α-hetero) is 1. The molecule has 1 saturated carbocycles. The third-order valence-corrected chi connectivity index (χ3v) is 2.96. The van der Waals surface area contributed by atoms with Crippen molar-refractivity contribution in [1.82, 2.24) is 4.90 Å². The topological polar surface area (TPSA) is 63.7 Å². The summed E-state index contributed by atoms with van der Waals surface area (Å²) in [7, 11) is 0. The van der Waals surface area contributed by atoms with Gasteiger partial charge in [0.15, 0.2) is 11.7 Å². The number of carbonyl (C=O) groups excluding carboxylic acids is 3. The van der Waals surface area contributed by atoms with Gasteiger partial charge in [-0.15, -0.1) is 0 Å². The van der Waals surface area contributed by atoms with Crippen LogP contribution in [0.4, 0.5) is 0 Å². The third kappa shape index (κ3) is 1.94. The lowest BCUT2D eigenvalue weighted by Crippen LogP contribution is -2.50. The molecule has 0 aromatic rings. The molecule has 0 aromatic carbocycles. The first-order chi connectivity index (χ1) is 7.65. The molecule has 1 aliphatic carbocycles. The Balaban J connectivity index is 2.10. The van der Waals surface area contributed by atoms with Crippen molar-refractivity contribution >= 4 is 17.7 Å². The molecule has 1 saturated heterocycles. The fraction of sp³-hybridized carbons (Fsp3) is 0.727. The van der Waals surface area contributed by atoms with Gasteiger partial charge in [-0.1, -0.05) is 0 Å². The average molecular weight is 225 g/mol. The maximum absolute atomic E-state index is 11.9. The molecule has 5 nitrogen and oxygen atoms in total. The van der Waals surface area contributed by atoms with Gasteiger partial charge in [0.25, 0.3) is 0 Å². The van der Waals surface area contributed by atoms with E-state index in [0.29, 0.717) is 6.54 Å². The molecule has 0 N–H and O–H groups in total. The van der Waals surface area contributed by atoms with E-state index in [-0.39, 0.29) is 30.8 Å². The van der Waals surface area contributed by atoms with Crippen molar-refractivity contribution in [2.45, 2.75) is 32.2 Å². The van der Waals surface area contributed by atoms with Crippen LogP contribution < -0.4 is 0 Å². The van der Waals surface area contributed by atoms with Crippen molar-refractivity contribution in [1.29, 1.82) is 0 Å². The molecule has 16 heavy (non-hydrogen) atoms. The van der Waals surface area contributed by atoms with E-state index in [1.165, 1.54) is 0 Å². The smallest absolute Gasteiger partial charge is 0.326 e. The summed E-state index contributed by atoms with van der Waals surface area (Å²) in [5.41, 5.74) is 0. The second-order valence-corrected chi connectivity index (χ2v) is 4.16. The van der Waals surface area contributed by atoms with Crippen molar-refractivity contribution < 1.29 is 19.1 Å². The summed E-state index contributed by atoms with van der Waals surface area (Å²) in [6.45, 7) is 2.31. The van der Waals surface area contributed by atoms with Crippen LogP contribution in [0.1, 0.15) is 26.2 Å². The summed E-state index contributed by atoms with van der Waals surface area (Å²) in [6, 6.07) is 0.248. The zero-order valence-electron chi connectivity index (χ0n) is 9.27. The highest BCUT2D eigenvalue weighted by atomic mass is 16.5. The highest BCUT2D eigenvalue weighted by Gasteiger charge is 2.45. The molecule has 88 valence electrons. The lowest BCUT2D eigenvalue weighted by molar-refractivity contribution is -0.161. The first-order valence-electron chi connectivity index (χ1n) is 5.65. The van der Waals surface area contributed by atoms with Gasteiger partial charge in [-0.25, -0.2) is 0 Å². The molecule has 1 atom stereocenters. The Kier molecular flexibility index (Phi) is 2.94. The predicted molar refractivity (Wildman–Crippen MR) is 54.5 cm³/mol. The van der Waals surface area contributed by atoms with E-state index in [0.717, 1.165) is 12.8 Å². The van der Waals surface area contributed by atoms with Gasteiger partial charge in [0.1, 0.15) is 0 Å². The molecule has 0 spiro atoms. The van der Waals surface area contributed by atoms with Crippen LogP contribution in [0, 0.1) is 5.92 Å². The molecule has 5 heteroatoms. The van der Waals surface area contributed by atoms with Gasteiger partial charge >= 0.3 is 5.97 Å². The van der Waals surface area contributed by atoms with Crippen LogP contribution in [0.5, 0.6) is 0 Å². The van der Waals surface area contributed by atoms with E-state index in [9.17, 15) is 14.4 Å². The quantitative estimate of drug-likeness (QED) is 0.506. The fourth-order valence-electron chi connectivity index (χ4n) is 2.00. The van der Waals surface area contributed by atoms with Gasteiger partial charge in [-0.3, -0.25) is 14.4 Å². The standard InChI is InChI=1S/C11H15NO4/c1-2-16-11(15)9-8(13)5-6-12(10(9)14)7-3-4-7/h7,9H,2-6H2,1H3. The molecule has 1 unspecified atom stereocenters. The van der Waals surface area contributed by atoms with E-state index in [1.807, 2.05) is 0 Å². The molecule has 2 fully saturated rings. The number of hydrogen-bond donors (Lipinski definition) is 0. The molecule has 1 aliphatic heterocycles. The summed E-state index contributed by atoms with van der Waals surface area (Å²) in [4.78, 5) is 36.7. The number of carbonyl (C=O) groups is 3. The fourth-order valence-corrected chi connectivity index (χ4v) is 2.00. The minimum absolute atomic E-state index is 0.194. The number of esters is 1. The Morgan fingerprint density at radius 2 is 2.12 bits per heavy atom. The van der Waals surface area contributed by atoms with Gasteiger partial charge in [0, 0.05) is 19.0 Å². The summed E-state index contributed by atoms with van der Waals surface area (Å²) >= 11 is 0. The van der Waals surface area contributed by atoms with Crippen LogP contribution >= 0.6 is 0 Å². The summed E-state index contributed by atoms with van der Waals surface area (Å²) in [5.74, 6) is -2.56. The summed E-state index contributed by atoms with van der Waals surface area (Å²) < 4.78 is 4.76. The highest BCUT2D eigenvalue weighted by molar-refractivity contribution is 6.17. The summed E-state index contributed by atoms with van der Waals surface area (Å²) in [5, 5.41) is 0. The average Bonchev–Trinajstić information content (AvgIpc) is 3.02. The van der Waals surface area contributed by atoms with E-state index >= 15 is 0 Å². The summed E-state index contributed by atoms with van der Waals surface area (Å²) in [6.07, 6.45) is 2.23. The normalized spacial score (nSPS) is 25.8. The lowest BCUT2D eigenvalue weighted by Gasteiger charge is -2.30. The van der Waals surface area contributed by atoms with Crippen molar-refractivity contribution in [3.8, 4) is 0 Å². The third-order valence-electron chi connectivity index (χ3n) is 2.96. The van der Waals surface area contributed by atoms with Crippen molar-refractivity contribution in [2.75, 3.05) is 13.2 Å².